The minimum absolute atomic E-state index is 0.248. The first-order chi connectivity index (χ1) is 7.05. The predicted molar refractivity (Wildman–Crippen MR) is 58.8 cm³/mol. The van der Waals surface area contributed by atoms with Crippen molar-refractivity contribution in [1.29, 1.82) is 0 Å². The highest BCUT2D eigenvalue weighted by atomic mass is 16.5. The summed E-state index contributed by atoms with van der Waals surface area (Å²) in [6, 6.07) is 6.00. The van der Waals surface area contributed by atoms with E-state index in [1.807, 2.05) is 25.1 Å². The Morgan fingerprint density at radius 1 is 1.47 bits per heavy atom. The first kappa shape index (κ1) is 10.5. The summed E-state index contributed by atoms with van der Waals surface area (Å²) in [7, 11) is 1.66. The molecule has 1 aliphatic rings. The van der Waals surface area contributed by atoms with Crippen LogP contribution in [0.2, 0.25) is 0 Å². The van der Waals surface area contributed by atoms with E-state index in [1.54, 1.807) is 7.11 Å². The van der Waals surface area contributed by atoms with Crippen molar-refractivity contribution in [3.63, 3.8) is 0 Å². The fourth-order valence-corrected chi connectivity index (χ4v) is 2.15. The summed E-state index contributed by atoms with van der Waals surface area (Å²) < 4.78 is 5.26. The van der Waals surface area contributed by atoms with Crippen molar-refractivity contribution in [2.75, 3.05) is 7.11 Å². The lowest BCUT2D eigenvalue weighted by Crippen LogP contribution is -2.51. The molecule has 0 radical (unpaired) electrons. The van der Waals surface area contributed by atoms with Gasteiger partial charge in [-0.2, -0.15) is 0 Å². The molecule has 0 aromatic heterocycles. The van der Waals surface area contributed by atoms with E-state index in [1.165, 1.54) is 0 Å². The van der Waals surface area contributed by atoms with Crippen LogP contribution in [0.4, 0.5) is 0 Å². The van der Waals surface area contributed by atoms with E-state index >= 15 is 0 Å². The number of aliphatic hydroxyl groups is 1. The highest BCUT2D eigenvalue weighted by Crippen LogP contribution is 2.40. The number of benzene rings is 1. The highest BCUT2D eigenvalue weighted by molar-refractivity contribution is 5.40. The van der Waals surface area contributed by atoms with Gasteiger partial charge in [0.2, 0.25) is 0 Å². The molecule has 1 aromatic carbocycles. The third-order valence-electron chi connectivity index (χ3n) is 3.18. The fraction of sp³-hybridized carbons (Fsp3) is 0.500. The van der Waals surface area contributed by atoms with Gasteiger partial charge in [0.05, 0.1) is 13.2 Å². The van der Waals surface area contributed by atoms with E-state index in [9.17, 15) is 5.11 Å². The maximum atomic E-state index is 9.31. The number of nitrogens with two attached hydrogens (primary N) is 1. The Kier molecular flexibility index (Phi) is 2.44. The molecule has 3 heteroatoms. The zero-order valence-corrected chi connectivity index (χ0v) is 9.16. The van der Waals surface area contributed by atoms with Crippen LogP contribution in [0.25, 0.3) is 0 Å². The van der Waals surface area contributed by atoms with Crippen LogP contribution in [0.5, 0.6) is 5.75 Å². The van der Waals surface area contributed by atoms with Crippen LogP contribution in [0, 0.1) is 6.92 Å². The smallest absolute Gasteiger partial charge is 0.122 e. The van der Waals surface area contributed by atoms with Crippen molar-refractivity contribution < 1.29 is 9.84 Å². The van der Waals surface area contributed by atoms with Gasteiger partial charge in [-0.05, 0) is 37.0 Å². The van der Waals surface area contributed by atoms with E-state index in [0.717, 1.165) is 16.9 Å². The van der Waals surface area contributed by atoms with Crippen LogP contribution in [0.1, 0.15) is 24.0 Å². The monoisotopic (exact) mass is 207 g/mol. The molecule has 3 N–H and O–H groups in total. The van der Waals surface area contributed by atoms with Crippen molar-refractivity contribution in [1.82, 2.24) is 0 Å². The molecule has 0 spiro atoms. The summed E-state index contributed by atoms with van der Waals surface area (Å²) in [5.41, 5.74) is 7.96. The van der Waals surface area contributed by atoms with Gasteiger partial charge in [0.15, 0.2) is 0 Å². The zero-order chi connectivity index (χ0) is 11.1. The van der Waals surface area contributed by atoms with Gasteiger partial charge in [0.25, 0.3) is 0 Å². The minimum Gasteiger partial charge on any atom is -0.496 e. The van der Waals surface area contributed by atoms with Gasteiger partial charge in [0, 0.05) is 5.54 Å². The standard InChI is InChI=1S/C12H17NO2/c1-8-3-4-9(5-11(8)15-2)12(13)6-10(14)7-12/h3-5,10,14H,6-7,13H2,1-2H3. The Bertz CT molecular complexity index is 370. The van der Waals surface area contributed by atoms with Crippen molar-refractivity contribution in [2.24, 2.45) is 5.73 Å². The quantitative estimate of drug-likeness (QED) is 0.768. The van der Waals surface area contributed by atoms with Crippen molar-refractivity contribution in [3.8, 4) is 5.75 Å². The largest absolute Gasteiger partial charge is 0.496 e. The van der Waals surface area contributed by atoms with E-state index in [4.69, 9.17) is 10.5 Å². The first-order valence-electron chi connectivity index (χ1n) is 5.17. The third kappa shape index (κ3) is 1.73. The van der Waals surface area contributed by atoms with Gasteiger partial charge in [-0.15, -0.1) is 0 Å². The first-order valence-corrected chi connectivity index (χ1v) is 5.17. The summed E-state index contributed by atoms with van der Waals surface area (Å²) in [6.07, 6.45) is 1.03. The maximum absolute atomic E-state index is 9.31. The van der Waals surface area contributed by atoms with Gasteiger partial charge in [-0.25, -0.2) is 0 Å². The molecular formula is C12H17NO2. The van der Waals surface area contributed by atoms with Crippen molar-refractivity contribution >= 4 is 0 Å². The molecule has 1 saturated carbocycles. The van der Waals surface area contributed by atoms with Gasteiger partial charge in [-0.3, -0.25) is 0 Å². The van der Waals surface area contributed by atoms with Gasteiger partial charge in [0.1, 0.15) is 5.75 Å². The molecule has 0 bridgehead atoms. The van der Waals surface area contributed by atoms with E-state index in [2.05, 4.69) is 0 Å². The number of rotatable bonds is 2. The molecule has 1 fully saturated rings. The molecule has 82 valence electrons. The van der Waals surface area contributed by atoms with Crippen molar-refractivity contribution in [2.45, 2.75) is 31.4 Å². The Morgan fingerprint density at radius 2 is 2.13 bits per heavy atom. The fourth-order valence-electron chi connectivity index (χ4n) is 2.15. The van der Waals surface area contributed by atoms with Crippen LogP contribution in [-0.2, 0) is 5.54 Å². The Balaban J connectivity index is 2.30. The Labute approximate surface area is 89.9 Å². The van der Waals surface area contributed by atoms with Crippen LogP contribution in [-0.4, -0.2) is 18.3 Å². The van der Waals surface area contributed by atoms with Crippen LogP contribution in [0.3, 0.4) is 0 Å². The second-order valence-corrected chi connectivity index (χ2v) is 4.40. The molecule has 0 amide bonds. The second kappa shape index (κ2) is 3.51. The Morgan fingerprint density at radius 3 is 2.67 bits per heavy atom. The normalized spacial score (nSPS) is 29.7. The van der Waals surface area contributed by atoms with E-state index in [-0.39, 0.29) is 11.6 Å². The van der Waals surface area contributed by atoms with Crippen LogP contribution >= 0.6 is 0 Å². The van der Waals surface area contributed by atoms with Gasteiger partial charge >= 0.3 is 0 Å². The second-order valence-electron chi connectivity index (χ2n) is 4.40. The van der Waals surface area contributed by atoms with Gasteiger partial charge < -0.3 is 15.6 Å². The lowest BCUT2D eigenvalue weighted by Gasteiger charge is -2.42. The summed E-state index contributed by atoms with van der Waals surface area (Å²) in [5.74, 6) is 0.860. The Hall–Kier alpha value is -1.06. The highest BCUT2D eigenvalue weighted by Gasteiger charge is 2.41. The SMILES string of the molecule is COc1cc(C2(N)CC(O)C2)ccc1C. The van der Waals surface area contributed by atoms with Crippen molar-refractivity contribution in [3.05, 3.63) is 29.3 Å². The average molecular weight is 207 g/mol. The van der Waals surface area contributed by atoms with Crippen LogP contribution in [0.15, 0.2) is 18.2 Å². The molecule has 0 atom stereocenters. The number of hydrogen-bond acceptors (Lipinski definition) is 3. The predicted octanol–water partition coefficient (Wildman–Crippen LogP) is 1.31. The third-order valence-corrected chi connectivity index (χ3v) is 3.18. The molecule has 0 heterocycles. The van der Waals surface area contributed by atoms with E-state index in [0.29, 0.717) is 12.8 Å². The lowest BCUT2D eigenvalue weighted by molar-refractivity contribution is 0.0208. The number of hydrogen-bond donors (Lipinski definition) is 2. The average Bonchev–Trinajstić information content (AvgIpc) is 2.16. The van der Waals surface area contributed by atoms with Gasteiger partial charge in [-0.1, -0.05) is 12.1 Å². The zero-order valence-electron chi connectivity index (χ0n) is 9.16. The number of ether oxygens (including phenoxy) is 1. The summed E-state index contributed by atoms with van der Waals surface area (Å²) in [6.45, 7) is 2.00. The number of aliphatic hydroxyl groups excluding tert-OH is 1. The molecule has 1 aliphatic carbocycles. The topological polar surface area (TPSA) is 55.5 Å². The summed E-state index contributed by atoms with van der Waals surface area (Å²) in [5, 5.41) is 9.31. The molecule has 3 nitrogen and oxygen atoms in total. The minimum atomic E-state index is -0.361. The van der Waals surface area contributed by atoms with E-state index < -0.39 is 0 Å². The molecular weight excluding hydrogens is 190 g/mol. The molecule has 2 rings (SSSR count). The summed E-state index contributed by atoms with van der Waals surface area (Å²) in [4.78, 5) is 0. The lowest BCUT2D eigenvalue weighted by atomic mass is 9.70. The maximum Gasteiger partial charge on any atom is 0.122 e. The molecule has 0 unspecified atom stereocenters. The molecule has 15 heavy (non-hydrogen) atoms. The van der Waals surface area contributed by atoms with Crippen LogP contribution < -0.4 is 10.5 Å². The number of methoxy groups -OCH3 is 1. The molecule has 0 aliphatic heterocycles. The molecule has 1 aromatic rings. The summed E-state index contributed by atoms with van der Waals surface area (Å²) >= 11 is 0. The molecule has 0 saturated heterocycles. The number of aryl methyl sites for hydroxylation is 1.